The Morgan fingerprint density at radius 1 is 1.13 bits per heavy atom. The normalized spacial score (nSPS) is 20.5. The maximum atomic E-state index is 11.3. The third-order valence-corrected chi connectivity index (χ3v) is 4.12. The summed E-state index contributed by atoms with van der Waals surface area (Å²) in [6, 6.07) is 10.4. The summed E-state index contributed by atoms with van der Waals surface area (Å²) in [5.41, 5.74) is -0.0880. The van der Waals surface area contributed by atoms with Crippen LogP contribution in [-0.2, 0) is 0 Å². The van der Waals surface area contributed by atoms with E-state index in [9.17, 15) is 20.6 Å². The van der Waals surface area contributed by atoms with E-state index in [-0.39, 0.29) is 5.69 Å². The third kappa shape index (κ3) is 2.07. The Bertz CT molecular complexity index is 878. The molecule has 1 unspecified atom stereocenters. The summed E-state index contributed by atoms with van der Waals surface area (Å²) in [7, 11) is 0. The Hall–Kier alpha value is -3.44. The predicted octanol–water partition coefficient (Wildman–Crippen LogP) is 3.69. The molecule has 2 aliphatic carbocycles. The van der Waals surface area contributed by atoms with Crippen molar-refractivity contribution in [3.05, 3.63) is 82.0 Å². The Morgan fingerprint density at radius 2 is 1.87 bits per heavy atom. The van der Waals surface area contributed by atoms with Gasteiger partial charge in [-0.15, -0.1) is 0 Å². The molecule has 0 aromatic heterocycles. The molecule has 5 nitrogen and oxygen atoms in total. The summed E-state index contributed by atoms with van der Waals surface area (Å²) in [5, 5.41) is 30.8. The van der Waals surface area contributed by atoms with E-state index in [1.54, 1.807) is 36.4 Å². The van der Waals surface area contributed by atoms with E-state index in [2.05, 4.69) is 12.1 Å². The molecule has 0 N–H and O–H groups in total. The van der Waals surface area contributed by atoms with E-state index in [0.29, 0.717) is 11.1 Å². The molecule has 0 amide bonds. The highest BCUT2D eigenvalue weighted by Gasteiger charge is 2.49. The number of nitrogens with zero attached hydrogens (tertiary/aromatic N) is 3. The number of rotatable bonds is 2. The zero-order chi connectivity index (χ0) is 16.4. The lowest BCUT2D eigenvalue weighted by molar-refractivity contribution is -0.385. The van der Waals surface area contributed by atoms with Crippen LogP contribution in [0, 0.1) is 44.1 Å². The SMILES string of the molecule is N#CC1(C#N)C(c2ccccc2[N+](=O)[O-])=CC2=CC=CC=CC21. The number of para-hydroxylation sites is 1. The van der Waals surface area contributed by atoms with Crippen molar-refractivity contribution in [2.24, 2.45) is 11.3 Å². The minimum atomic E-state index is -1.47. The molecule has 0 fully saturated rings. The monoisotopic (exact) mass is 301 g/mol. The molecule has 3 rings (SSSR count). The predicted molar refractivity (Wildman–Crippen MR) is 84.6 cm³/mol. The second-order valence-corrected chi connectivity index (χ2v) is 5.28. The number of hydrogen-bond donors (Lipinski definition) is 0. The fourth-order valence-corrected chi connectivity index (χ4v) is 3.04. The van der Waals surface area contributed by atoms with Gasteiger partial charge in [0.15, 0.2) is 5.41 Å². The van der Waals surface area contributed by atoms with Crippen molar-refractivity contribution in [3.63, 3.8) is 0 Å². The van der Waals surface area contributed by atoms with Gasteiger partial charge >= 0.3 is 0 Å². The van der Waals surface area contributed by atoms with Gasteiger partial charge in [-0.2, -0.15) is 10.5 Å². The standard InChI is InChI=1S/C18H11N3O2/c19-11-18(12-20)15-8-3-1-2-6-13(15)10-16(18)14-7-4-5-9-17(14)21(22)23/h1-10,15H. The maximum absolute atomic E-state index is 11.3. The van der Waals surface area contributed by atoms with Crippen molar-refractivity contribution >= 4 is 11.3 Å². The van der Waals surface area contributed by atoms with Crippen LogP contribution in [0.4, 0.5) is 5.69 Å². The first-order valence-corrected chi connectivity index (χ1v) is 6.97. The van der Waals surface area contributed by atoms with Crippen molar-refractivity contribution in [2.75, 3.05) is 0 Å². The summed E-state index contributed by atoms with van der Waals surface area (Å²) >= 11 is 0. The zero-order valence-corrected chi connectivity index (χ0v) is 12.0. The van der Waals surface area contributed by atoms with Gasteiger partial charge in [0.1, 0.15) is 0 Å². The van der Waals surface area contributed by atoms with Crippen molar-refractivity contribution in [1.82, 2.24) is 0 Å². The second-order valence-electron chi connectivity index (χ2n) is 5.28. The molecule has 2 aliphatic rings. The van der Waals surface area contributed by atoms with Gasteiger partial charge in [-0.3, -0.25) is 10.1 Å². The maximum Gasteiger partial charge on any atom is 0.276 e. The van der Waals surface area contributed by atoms with Crippen LogP contribution in [0.15, 0.2) is 66.3 Å². The largest absolute Gasteiger partial charge is 0.276 e. The van der Waals surface area contributed by atoms with Crippen molar-refractivity contribution in [3.8, 4) is 12.1 Å². The third-order valence-electron chi connectivity index (χ3n) is 4.12. The van der Waals surface area contributed by atoms with Crippen molar-refractivity contribution in [2.45, 2.75) is 0 Å². The van der Waals surface area contributed by atoms with Gasteiger partial charge < -0.3 is 0 Å². The number of fused-ring (bicyclic) bond motifs is 1. The summed E-state index contributed by atoms with van der Waals surface area (Å²) in [6.45, 7) is 0. The molecule has 0 heterocycles. The molecule has 0 spiro atoms. The Kier molecular flexibility index (Phi) is 3.40. The fraction of sp³-hybridized carbons (Fsp3) is 0.111. The molecule has 1 atom stereocenters. The summed E-state index contributed by atoms with van der Waals surface area (Å²) < 4.78 is 0. The van der Waals surface area contributed by atoms with Gasteiger partial charge in [0, 0.05) is 17.6 Å². The van der Waals surface area contributed by atoms with Crippen LogP contribution >= 0.6 is 0 Å². The van der Waals surface area contributed by atoms with Crippen molar-refractivity contribution in [1.29, 1.82) is 10.5 Å². The van der Waals surface area contributed by atoms with Crippen LogP contribution in [0.5, 0.6) is 0 Å². The quantitative estimate of drug-likeness (QED) is 0.615. The summed E-state index contributed by atoms with van der Waals surface area (Å²) in [6.07, 6.45) is 10.8. The van der Waals surface area contributed by atoms with E-state index in [4.69, 9.17) is 0 Å². The Labute approximate surface area is 132 Å². The molecule has 0 saturated carbocycles. The number of allylic oxidation sites excluding steroid dienone is 8. The molecule has 0 radical (unpaired) electrons. The smallest absolute Gasteiger partial charge is 0.258 e. The minimum Gasteiger partial charge on any atom is -0.258 e. The van der Waals surface area contributed by atoms with Crippen molar-refractivity contribution < 1.29 is 4.92 Å². The van der Waals surface area contributed by atoms with Gasteiger partial charge in [-0.1, -0.05) is 48.6 Å². The first-order valence-electron chi connectivity index (χ1n) is 6.97. The van der Waals surface area contributed by atoms with Crippen LogP contribution < -0.4 is 0 Å². The zero-order valence-electron chi connectivity index (χ0n) is 12.0. The lowest BCUT2D eigenvalue weighted by atomic mass is 9.73. The molecule has 0 bridgehead atoms. The highest BCUT2D eigenvalue weighted by molar-refractivity contribution is 5.86. The van der Waals surface area contributed by atoms with E-state index in [1.165, 1.54) is 6.07 Å². The highest BCUT2D eigenvalue weighted by Crippen LogP contribution is 2.53. The van der Waals surface area contributed by atoms with Gasteiger partial charge in [0.2, 0.25) is 0 Å². The summed E-state index contributed by atoms with van der Waals surface area (Å²) in [4.78, 5) is 10.8. The first kappa shape index (κ1) is 14.5. The molecule has 0 saturated heterocycles. The molecular weight excluding hydrogens is 290 g/mol. The Morgan fingerprint density at radius 3 is 2.57 bits per heavy atom. The number of hydrogen-bond acceptors (Lipinski definition) is 4. The number of nitro benzene ring substituents is 1. The van der Waals surface area contributed by atoms with Gasteiger partial charge in [-0.05, 0) is 11.6 Å². The van der Waals surface area contributed by atoms with Crippen LogP contribution in [-0.4, -0.2) is 4.92 Å². The number of benzene rings is 1. The number of nitriles is 2. The molecule has 1 aromatic carbocycles. The average Bonchev–Trinajstić information content (AvgIpc) is 2.71. The number of nitro groups is 1. The highest BCUT2D eigenvalue weighted by atomic mass is 16.6. The van der Waals surface area contributed by atoms with E-state index < -0.39 is 16.3 Å². The molecule has 0 aliphatic heterocycles. The fourth-order valence-electron chi connectivity index (χ4n) is 3.04. The topological polar surface area (TPSA) is 90.7 Å². The molecular formula is C18H11N3O2. The van der Waals surface area contributed by atoms with Crippen LogP contribution in [0.1, 0.15) is 5.56 Å². The molecule has 5 heteroatoms. The molecule has 23 heavy (non-hydrogen) atoms. The van der Waals surface area contributed by atoms with E-state index >= 15 is 0 Å². The first-order chi connectivity index (χ1) is 11.1. The average molecular weight is 301 g/mol. The van der Waals surface area contributed by atoms with Crippen LogP contribution in [0.25, 0.3) is 5.57 Å². The van der Waals surface area contributed by atoms with Crippen LogP contribution in [0.3, 0.4) is 0 Å². The Balaban J connectivity index is 2.29. The molecule has 110 valence electrons. The summed E-state index contributed by atoms with van der Waals surface area (Å²) in [5.74, 6) is -0.442. The lowest BCUT2D eigenvalue weighted by Crippen LogP contribution is -2.24. The minimum absolute atomic E-state index is 0.106. The van der Waals surface area contributed by atoms with E-state index in [0.717, 1.165) is 5.57 Å². The van der Waals surface area contributed by atoms with E-state index in [1.807, 2.05) is 18.2 Å². The van der Waals surface area contributed by atoms with Gasteiger partial charge in [-0.25, -0.2) is 0 Å². The molecule has 1 aromatic rings. The lowest BCUT2D eigenvalue weighted by Gasteiger charge is -2.23. The second kappa shape index (κ2) is 5.40. The van der Waals surface area contributed by atoms with Gasteiger partial charge in [0.25, 0.3) is 5.69 Å². The van der Waals surface area contributed by atoms with Crippen LogP contribution in [0.2, 0.25) is 0 Å². The van der Waals surface area contributed by atoms with Gasteiger partial charge in [0.05, 0.1) is 22.6 Å².